The van der Waals surface area contributed by atoms with Gasteiger partial charge in [-0.2, -0.15) is 0 Å². The lowest BCUT2D eigenvalue weighted by Crippen LogP contribution is -2.34. The summed E-state index contributed by atoms with van der Waals surface area (Å²) in [6, 6.07) is 30.7. The summed E-state index contributed by atoms with van der Waals surface area (Å²) in [5.74, 6) is 4.09. The van der Waals surface area contributed by atoms with Gasteiger partial charge < -0.3 is 18.9 Å². The lowest BCUT2D eigenvalue weighted by molar-refractivity contribution is -0.123. The minimum atomic E-state index is -0.129. The van der Waals surface area contributed by atoms with Crippen molar-refractivity contribution in [3.63, 3.8) is 0 Å². The predicted molar refractivity (Wildman–Crippen MR) is 231 cm³/mol. The van der Waals surface area contributed by atoms with Crippen LogP contribution in [0.5, 0.6) is 23.0 Å². The normalized spacial score (nSPS) is 15.3. The maximum Gasteiger partial charge on any atom is 0.278 e. The zero-order valence-electron chi connectivity index (χ0n) is 34.1. The molecule has 58 heavy (non-hydrogen) atoms. The van der Waals surface area contributed by atoms with Gasteiger partial charge in [-0.05, 0) is 122 Å². The van der Waals surface area contributed by atoms with E-state index in [-0.39, 0.29) is 11.8 Å². The molecule has 4 aromatic carbocycles. The van der Waals surface area contributed by atoms with Gasteiger partial charge in [0.2, 0.25) is 0 Å². The van der Waals surface area contributed by atoms with Crippen molar-refractivity contribution in [3.8, 4) is 23.0 Å². The van der Waals surface area contributed by atoms with Crippen molar-refractivity contribution in [2.75, 3.05) is 40.5 Å². The van der Waals surface area contributed by atoms with Gasteiger partial charge in [0.1, 0.15) is 46.1 Å². The molecule has 0 aromatic heterocycles. The molecule has 0 unspecified atom stereocenters. The van der Waals surface area contributed by atoms with Crippen molar-refractivity contribution in [2.45, 2.75) is 65.2 Å². The Labute approximate surface area is 342 Å². The third-order valence-electron chi connectivity index (χ3n) is 10.0. The van der Waals surface area contributed by atoms with E-state index in [1.54, 1.807) is 24.0 Å². The van der Waals surface area contributed by atoms with Crippen LogP contribution in [0.25, 0.3) is 12.2 Å². The van der Waals surface area contributed by atoms with Gasteiger partial charge in [0.15, 0.2) is 0 Å². The quantitative estimate of drug-likeness (QED) is 0.0617. The molecular weight excluding hydrogens is 729 g/mol. The fourth-order valence-electron chi connectivity index (χ4n) is 6.64. The molecule has 10 nitrogen and oxygen atoms in total. The van der Waals surface area contributed by atoms with E-state index in [9.17, 15) is 9.59 Å². The van der Waals surface area contributed by atoms with E-state index >= 15 is 0 Å². The molecule has 4 aromatic rings. The number of methoxy groups -OCH3 is 2. The van der Waals surface area contributed by atoms with E-state index in [4.69, 9.17) is 28.9 Å². The Balaban J connectivity index is 1.11. The molecule has 2 aliphatic heterocycles. The number of nitrogens with zero attached hydrogens (tertiary/aromatic N) is 4. The van der Waals surface area contributed by atoms with Gasteiger partial charge >= 0.3 is 0 Å². The molecule has 0 atom stereocenters. The number of rotatable bonds is 21. The molecule has 2 heterocycles. The van der Waals surface area contributed by atoms with Crippen LogP contribution in [-0.2, 0) is 9.59 Å². The fourth-order valence-corrected chi connectivity index (χ4v) is 6.64. The van der Waals surface area contributed by atoms with Gasteiger partial charge in [0.25, 0.3) is 11.8 Å². The molecular formula is C48H54N4O6. The molecule has 10 heteroatoms. The molecule has 0 saturated carbocycles. The van der Waals surface area contributed by atoms with E-state index in [1.165, 1.54) is 0 Å². The van der Waals surface area contributed by atoms with E-state index in [2.05, 4.69) is 13.8 Å². The van der Waals surface area contributed by atoms with Crippen molar-refractivity contribution in [3.05, 3.63) is 131 Å². The highest BCUT2D eigenvalue weighted by atomic mass is 16.5. The van der Waals surface area contributed by atoms with Crippen LogP contribution < -0.4 is 18.9 Å². The smallest absolute Gasteiger partial charge is 0.278 e. The first kappa shape index (κ1) is 41.5. The number of hydrogen-bond acceptors (Lipinski definition) is 8. The Morgan fingerprint density at radius 3 is 1.19 bits per heavy atom. The standard InChI is InChI=1S/C48H54N4O6/c1-5-7-31-57-41-25-17-37(18-26-41)45-49-43(33-35-13-21-39(55-3)22-14-35)47(53)51(45)29-11-9-10-12-30-52-46(38-19-27-42(28-20-38)58-32-8-6-2)50-44(48(52)54)34-36-15-23-40(56-4)24-16-36/h13-28,33-34H,5-12,29-32H2,1-4H3. The van der Waals surface area contributed by atoms with Crippen LogP contribution in [0.2, 0.25) is 0 Å². The summed E-state index contributed by atoms with van der Waals surface area (Å²) in [6.45, 7) is 6.64. The number of ether oxygens (including phenoxy) is 4. The number of aliphatic imine (C=N–C) groups is 2. The van der Waals surface area contributed by atoms with Gasteiger partial charge in [-0.3, -0.25) is 19.4 Å². The highest BCUT2D eigenvalue weighted by molar-refractivity contribution is 6.20. The molecule has 2 amide bonds. The Morgan fingerprint density at radius 1 is 0.483 bits per heavy atom. The summed E-state index contributed by atoms with van der Waals surface area (Å²) >= 11 is 0. The number of unbranched alkanes of at least 4 members (excludes halogenated alkanes) is 5. The average molecular weight is 783 g/mol. The molecule has 0 saturated heterocycles. The molecule has 0 bridgehead atoms. The molecule has 0 aliphatic carbocycles. The van der Waals surface area contributed by atoms with Crippen LogP contribution >= 0.6 is 0 Å². The number of carbonyl (C=O) groups excluding carboxylic acids is 2. The van der Waals surface area contributed by atoms with Gasteiger partial charge in [0, 0.05) is 24.2 Å². The summed E-state index contributed by atoms with van der Waals surface area (Å²) in [4.78, 5) is 41.0. The molecule has 0 radical (unpaired) electrons. The number of hydrogen-bond donors (Lipinski definition) is 0. The maximum atomic E-state index is 13.9. The Kier molecular flexibility index (Phi) is 14.9. The minimum Gasteiger partial charge on any atom is -0.497 e. The third kappa shape index (κ3) is 10.8. The first-order valence-electron chi connectivity index (χ1n) is 20.4. The zero-order valence-corrected chi connectivity index (χ0v) is 34.1. The minimum absolute atomic E-state index is 0.129. The van der Waals surface area contributed by atoms with Gasteiger partial charge in [-0.1, -0.05) is 63.8 Å². The summed E-state index contributed by atoms with van der Waals surface area (Å²) < 4.78 is 22.4. The molecule has 0 fully saturated rings. The lowest BCUT2D eigenvalue weighted by atomic mass is 10.1. The van der Waals surface area contributed by atoms with Gasteiger partial charge in [-0.25, -0.2) is 9.98 Å². The van der Waals surface area contributed by atoms with E-state index < -0.39 is 0 Å². The van der Waals surface area contributed by atoms with E-state index in [1.807, 2.05) is 109 Å². The highest BCUT2D eigenvalue weighted by Gasteiger charge is 2.32. The highest BCUT2D eigenvalue weighted by Crippen LogP contribution is 2.27. The first-order chi connectivity index (χ1) is 28.4. The summed E-state index contributed by atoms with van der Waals surface area (Å²) in [5.41, 5.74) is 4.22. The molecule has 0 spiro atoms. The number of amides is 2. The number of benzene rings is 4. The average Bonchev–Trinajstić information content (AvgIpc) is 3.73. The van der Waals surface area contributed by atoms with E-state index in [0.717, 1.165) is 96.6 Å². The maximum absolute atomic E-state index is 13.9. The topological polar surface area (TPSA) is 102 Å². The number of carbonyl (C=O) groups is 2. The molecule has 302 valence electrons. The van der Waals surface area contributed by atoms with Crippen LogP contribution in [0.4, 0.5) is 0 Å². The largest absolute Gasteiger partial charge is 0.497 e. The van der Waals surface area contributed by atoms with E-state index in [0.29, 0.717) is 49.4 Å². The van der Waals surface area contributed by atoms with Crippen LogP contribution in [0, 0.1) is 0 Å². The second-order valence-electron chi connectivity index (χ2n) is 14.3. The van der Waals surface area contributed by atoms with Crippen LogP contribution in [0.15, 0.2) is 118 Å². The van der Waals surface area contributed by atoms with Crippen LogP contribution in [0.1, 0.15) is 87.5 Å². The second-order valence-corrected chi connectivity index (χ2v) is 14.3. The Hall–Kier alpha value is -6.16. The van der Waals surface area contributed by atoms with Crippen molar-refractivity contribution in [2.24, 2.45) is 9.98 Å². The fraction of sp³-hybridized carbons (Fsp3) is 0.333. The Morgan fingerprint density at radius 2 is 0.845 bits per heavy atom. The van der Waals surface area contributed by atoms with Crippen molar-refractivity contribution >= 4 is 35.6 Å². The van der Waals surface area contributed by atoms with Crippen molar-refractivity contribution < 1.29 is 28.5 Å². The van der Waals surface area contributed by atoms with Crippen LogP contribution in [-0.4, -0.2) is 73.8 Å². The molecule has 6 rings (SSSR count). The van der Waals surface area contributed by atoms with Gasteiger partial charge in [0.05, 0.1) is 27.4 Å². The molecule has 2 aliphatic rings. The molecule has 0 N–H and O–H groups in total. The second kappa shape index (κ2) is 20.8. The van der Waals surface area contributed by atoms with Crippen molar-refractivity contribution in [1.29, 1.82) is 0 Å². The van der Waals surface area contributed by atoms with Crippen LogP contribution in [0.3, 0.4) is 0 Å². The summed E-state index contributed by atoms with van der Waals surface area (Å²) in [5, 5.41) is 0. The predicted octanol–water partition coefficient (Wildman–Crippen LogP) is 9.58. The SMILES string of the molecule is CCCCOc1ccc(C2=NC(=Cc3ccc(OC)cc3)C(=O)N2CCCCCCN2C(=O)C(=Cc3ccc(OC)cc3)N=C2c2ccc(OCCCC)cc2)cc1. The lowest BCUT2D eigenvalue weighted by Gasteiger charge is -2.20. The summed E-state index contributed by atoms with van der Waals surface area (Å²) in [6.07, 6.45) is 11.0. The third-order valence-corrected chi connectivity index (χ3v) is 10.0. The Bertz CT molecular complexity index is 1950. The first-order valence-corrected chi connectivity index (χ1v) is 20.4. The zero-order chi connectivity index (χ0) is 40.7. The number of amidine groups is 2. The monoisotopic (exact) mass is 782 g/mol. The van der Waals surface area contributed by atoms with Crippen molar-refractivity contribution in [1.82, 2.24) is 9.80 Å². The summed E-state index contributed by atoms with van der Waals surface area (Å²) in [7, 11) is 3.26. The van der Waals surface area contributed by atoms with Gasteiger partial charge in [-0.15, -0.1) is 0 Å².